The molecular weight excluding hydrogens is 198 g/mol. The summed E-state index contributed by atoms with van der Waals surface area (Å²) in [6.45, 7) is 4.04. The summed E-state index contributed by atoms with van der Waals surface area (Å²) in [7, 11) is 0. The van der Waals surface area contributed by atoms with Gasteiger partial charge in [-0.25, -0.2) is 0 Å². The lowest BCUT2D eigenvalue weighted by atomic mass is 10.1. The molecule has 0 spiro atoms. The Bertz CT molecular complexity index is 369. The molecule has 1 saturated heterocycles. The third-order valence-electron chi connectivity index (χ3n) is 3.03. The van der Waals surface area contributed by atoms with E-state index < -0.39 is 0 Å². The Balaban J connectivity index is 2.18. The van der Waals surface area contributed by atoms with E-state index in [1.165, 1.54) is 5.69 Å². The molecule has 2 unspecified atom stereocenters. The van der Waals surface area contributed by atoms with Crippen LogP contribution in [0.2, 0.25) is 0 Å². The Morgan fingerprint density at radius 1 is 1.44 bits per heavy atom. The molecule has 3 heteroatoms. The number of hydrogen-bond acceptors (Lipinski definition) is 3. The SMILES string of the molecule is CC1CN(c2ccccc2)C(CC#N)CN1. The summed E-state index contributed by atoms with van der Waals surface area (Å²) < 4.78 is 0. The fourth-order valence-corrected chi connectivity index (χ4v) is 2.18. The topological polar surface area (TPSA) is 39.1 Å². The van der Waals surface area contributed by atoms with E-state index in [1.807, 2.05) is 18.2 Å². The first kappa shape index (κ1) is 11.0. The van der Waals surface area contributed by atoms with Crippen LogP contribution in [0.5, 0.6) is 0 Å². The van der Waals surface area contributed by atoms with Crippen molar-refractivity contribution in [2.75, 3.05) is 18.0 Å². The average molecular weight is 215 g/mol. The van der Waals surface area contributed by atoms with Gasteiger partial charge >= 0.3 is 0 Å². The number of anilines is 1. The number of nitriles is 1. The van der Waals surface area contributed by atoms with Crippen LogP contribution >= 0.6 is 0 Å². The van der Waals surface area contributed by atoms with E-state index in [9.17, 15) is 0 Å². The maximum absolute atomic E-state index is 8.84. The molecule has 3 nitrogen and oxygen atoms in total. The highest BCUT2D eigenvalue weighted by atomic mass is 15.2. The van der Waals surface area contributed by atoms with Gasteiger partial charge in [-0.2, -0.15) is 5.26 Å². The minimum absolute atomic E-state index is 0.295. The zero-order chi connectivity index (χ0) is 11.4. The van der Waals surface area contributed by atoms with Gasteiger partial charge in [-0.05, 0) is 19.1 Å². The maximum atomic E-state index is 8.84. The van der Waals surface area contributed by atoms with Crippen molar-refractivity contribution in [3.63, 3.8) is 0 Å². The van der Waals surface area contributed by atoms with E-state index in [4.69, 9.17) is 5.26 Å². The smallest absolute Gasteiger partial charge is 0.0643 e. The molecule has 16 heavy (non-hydrogen) atoms. The Morgan fingerprint density at radius 2 is 2.19 bits per heavy atom. The van der Waals surface area contributed by atoms with Crippen molar-refractivity contribution >= 4 is 5.69 Å². The standard InChI is InChI=1S/C13H17N3/c1-11-10-16(12-5-3-2-4-6-12)13(7-8-14)9-15-11/h2-6,11,13,15H,7,9-10H2,1H3. The van der Waals surface area contributed by atoms with Crippen molar-refractivity contribution in [2.24, 2.45) is 0 Å². The van der Waals surface area contributed by atoms with Crippen LogP contribution in [0.3, 0.4) is 0 Å². The Morgan fingerprint density at radius 3 is 2.88 bits per heavy atom. The van der Waals surface area contributed by atoms with Crippen LogP contribution in [0.1, 0.15) is 13.3 Å². The molecule has 0 radical (unpaired) electrons. The Kier molecular flexibility index (Phi) is 3.43. The molecule has 1 N–H and O–H groups in total. The lowest BCUT2D eigenvalue weighted by Gasteiger charge is -2.40. The van der Waals surface area contributed by atoms with Gasteiger partial charge in [0.25, 0.3) is 0 Å². The summed E-state index contributed by atoms with van der Waals surface area (Å²) in [6.07, 6.45) is 0.578. The van der Waals surface area contributed by atoms with Gasteiger partial charge in [-0.1, -0.05) is 18.2 Å². The predicted octanol–water partition coefficient (Wildman–Crippen LogP) is 1.77. The quantitative estimate of drug-likeness (QED) is 0.817. The van der Waals surface area contributed by atoms with Crippen molar-refractivity contribution < 1.29 is 0 Å². The summed E-state index contributed by atoms with van der Waals surface area (Å²) in [5, 5.41) is 12.3. The summed E-state index contributed by atoms with van der Waals surface area (Å²) in [5.41, 5.74) is 1.22. The molecular formula is C13H17N3. The normalized spacial score (nSPS) is 25.1. The van der Waals surface area contributed by atoms with E-state index in [-0.39, 0.29) is 0 Å². The first-order valence-electron chi connectivity index (χ1n) is 5.73. The van der Waals surface area contributed by atoms with E-state index in [2.05, 4.69) is 35.3 Å². The molecule has 1 aliphatic heterocycles. The van der Waals surface area contributed by atoms with E-state index in [0.717, 1.165) is 13.1 Å². The molecule has 0 amide bonds. The molecule has 1 fully saturated rings. The largest absolute Gasteiger partial charge is 0.365 e. The Labute approximate surface area is 96.7 Å². The molecule has 1 aromatic carbocycles. The zero-order valence-corrected chi connectivity index (χ0v) is 9.56. The van der Waals surface area contributed by atoms with Gasteiger partial charge in [-0.15, -0.1) is 0 Å². The zero-order valence-electron chi connectivity index (χ0n) is 9.56. The minimum Gasteiger partial charge on any atom is -0.365 e. The summed E-state index contributed by atoms with van der Waals surface area (Å²) in [4.78, 5) is 2.34. The monoisotopic (exact) mass is 215 g/mol. The fourth-order valence-electron chi connectivity index (χ4n) is 2.18. The fraction of sp³-hybridized carbons (Fsp3) is 0.462. The first-order chi connectivity index (χ1) is 7.81. The number of benzene rings is 1. The molecule has 1 heterocycles. The van der Waals surface area contributed by atoms with Gasteiger partial charge in [0.2, 0.25) is 0 Å². The number of rotatable bonds is 2. The van der Waals surface area contributed by atoms with Crippen molar-refractivity contribution in [2.45, 2.75) is 25.4 Å². The van der Waals surface area contributed by atoms with Crippen LogP contribution in [0.25, 0.3) is 0 Å². The number of nitrogens with zero attached hydrogens (tertiary/aromatic N) is 2. The molecule has 2 rings (SSSR count). The van der Waals surface area contributed by atoms with Gasteiger partial charge in [0.15, 0.2) is 0 Å². The van der Waals surface area contributed by atoms with Crippen molar-refractivity contribution in [3.8, 4) is 6.07 Å². The van der Waals surface area contributed by atoms with Crippen LogP contribution < -0.4 is 10.2 Å². The minimum atomic E-state index is 0.295. The summed E-state index contributed by atoms with van der Waals surface area (Å²) in [6, 6.07) is 13.4. The van der Waals surface area contributed by atoms with E-state index in [1.54, 1.807) is 0 Å². The van der Waals surface area contributed by atoms with Crippen LogP contribution in [-0.4, -0.2) is 25.2 Å². The maximum Gasteiger partial charge on any atom is 0.0643 e. The highest BCUT2D eigenvalue weighted by molar-refractivity contribution is 5.48. The molecule has 0 aromatic heterocycles. The highest BCUT2D eigenvalue weighted by Gasteiger charge is 2.25. The molecule has 84 valence electrons. The second-order valence-corrected chi connectivity index (χ2v) is 4.31. The van der Waals surface area contributed by atoms with Crippen LogP contribution in [0, 0.1) is 11.3 Å². The third-order valence-corrected chi connectivity index (χ3v) is 3.03. The molecule has 1 aromatic rings. The molecule has 1 aliphatic rings. The van der Waals surface area contributed by atoms with Crippen LogP contribution in [-0.2, 0) is 0 Å². The molecule has 0 saturated carbocycles. The second kappa shape index (κ2) is 5.00. The number of para-hydroxylation sites is 1. The molecule has 0 aliphatic carbocycles. The lowest BCUT2D eigenvalue weighted by Crippen LogP contribution is -2.55. The predicted molar refractivity (Wildman–Crippen MR) is 65.3 cm³/mol. The van der Waals surface area contributed by atoms with Gasteiger partial charge in [0, 0.05) is 24.8 Å². The number of nitrogens with one attached hydrogen (secondary N) is 1. The van der Waals surface area contributed by atoms with Crippen molar-refractivity contribution in [1.82, 2.24) is 5.32 Å². The van der Waals surface area contributed by atoms with Crippen molar-refractivity contribution in [3.05, 3.63) is 30.3 Å². The van der Waals surface area contributed by atoms with Gasteiger partial charge in [0.1, 0.15) is 0 Å². The van der Waals surface area contributed by atoms with Crippen LogP contribution in [0.15, 0.2) is 30.3 Å². The lowest BCUT2D eigenvalue weighted by molar-refractivity contribution is 0.412. The Hall–Kier alpha value is -1.53. The summed E-state index contributed by atoms with van der Waals surface area (Å²) >= 11 is 0. The van der Waals surface area contributed by atoms with Gasteiger partial charge in [-0.3, -0.25) is 0 Å². The number of piperazine rings is 1. The third kappa shape index (κ3) is 2.34. The van der Waals surface area contributed by atoms with Crippen LogP contribution in [0.4, 0.5) is 5.69 Å². The van der Waals surface area contributed by atoms with Crippen molar-refractivity contribution in [1.29, 1.82) is 5.26 Å². The average Bonchev–Trinajstić information content (AvgIpc) is 2.33. The molecule has 0 bridgehead atoms. The van der Waals surface area contributed by atoms with Gasteiger partial charge < -0.3 is 10.2 Å². The van der Waals surface area contributed by atoms with Gasteiger partial charge in [0.05, 0.1) is 18.5 Å². The first-order valence-corrected chi connectivity index (χ1v) is 5.73. The highest BCUT2D eigenvalue weighted by Crippen LogP contribution is 2.20. The number of hydrogen-bond donors (Lipinski definition) is 1. The summed E-state index contributed by atoms with van der Waals surface area (Å²) in [5.74, 6) is 0. The second-order valence-electron chi connectivity index (χ2n) is 4.31. The van der Waals surface area contributed by atoms with E-state index >= 15 is 0 Å². The molecule has 2 atom stereocenters. The van der Waals surface area contributed by atoms with E-state index in [0.29, 0.717) is 18.5 Å².